The minimum Gasteiger partial charge on any atom is -0.392 e. The Kier molecular flexibility index (Phi) is 3.23. The maximum atomic E-state index is 9.55. The normalized spacial score (nSPS) is 33.9. The van der Waals surface area contributed by atoms with Crippen LogP contribution in [0.25, 0.3) is 0 Å². The lowest BCUT2D eigenvalue weighted by Gasteiger charge is -2.15. The molecule has 0 amide bonds. The van der Waals surface area contributed by atoms with Crippen LogP contribution in [0.15, 0.2) is 0 Å². The fourth-order valence-electron chi connectivity index (χ4n) is 2.26. The lowest BCUT2D eigenvalue weighted by atomic mass is 10.2. The van der Waals surface area contributed by atoms with E-state index in [4.69, 9.17) is 0 Å². The first kappa shape index (κ1) is 9.47. The molecule has 0 bridgehead atoms. The molecule has 2 aliphatic carbocycles. The second-order valence-electron chi connectivity index (χ2n) is 4.64. The van der Waals surface area contributed by atoms with Crippen LogP contribution in [0, 0.1) is 5.92 Å². The number of aliphatic hydroxyl groups is 1. The lowest BCUT2D eigenvalue weighted by Crippen LogP contribution is -2.36. The zero-order valence-electron chi connectivity index (χ0n) is 8.34. The van der Waals surface area contributed by atoms with Crippen LogP contribution >= 0.6 is 0 Å². The van der Waals surface area contributed by atoms with E-state index in [1.807, 2.05) is 0 Å². The molecule has 2 rings (SSSR count). The maximum absolute atomic E-state index is 9.55. The molecule has 0 aromatic rings. The summed E-state index contributed by atoms with van der Waals surface area (Å²) < 4.78 is 0. The molecule has 2 heteroatoms. The van der Waals surface area contributed by atoms with Crippen molar-refractivity contribution < 1.29 is 5.11 Å². The molecule has 76 valence electrons. The van der Waals surface area contributed by atoms with Gasteiger partial charge in [0.1, 0.15) is 0 Å². The van der Waals surface area contributed by atoms with Crippen molar-refractivity contribution in [1.29, 1.82) is 0 Å². The van der Waals surface area contributed by atoms with Crippen LogP contribution in [0.4, 0.5) is 0 Å². The lowest BCUT2D eigenvalue weighted by molar-refractivity contribution is 0.149. The monoisotopic (exact) mass is 183 g/mol. The van der Waals surface area contributed by atoms with Gasteiger partial charge in [0.2, 0.25) is 0 Å². The second-order valence-corrected chi connectivity index (χ2v) is 4.64. The van der Waals surface area contributed by atoms with Crippen molar-refractivity contribution in [2.45, 2.75) is 57.1 Å². The Hall–Kier alpha value is -0.0800. The van der Waals surface area contributed by atoms with Crippen molar-refractivity contribution >= 4 is 0 Å². The smallest absolute Gasteiger partial charge is 0.0693 e. The average Bonchev–Trinajstić information content (AvgIpc) is 2.86. The predicted octanol–water partition coefficient (Wildman–Crippen LogP) is 1.68. The fraction of sp³-hybridized carbons (Fsp3) is 1.00. The van der Waals surface area contributed by atoms with Crippen molar-refractivity contribution in [1.82, 2.24) is 5.32 Å². The Morgan fingerprint density at radius 2 is 2.00 bits per heavy atom. The van der Waals surface area contributed by atoms with Gasteiger partial charge in [0, 0.05) is 6.04 Å². The molecule has 0 heterocycles. The number of nitrogens with one attached hydrogen (secondary N) is 1. The molecule has 0 aromatic carbocycles. The van der Waals surface area contributed by atoms with E-state index in [-0.39, 0.29) is 6.10 Å². The SMILES string of the molecule is OC1CCCC1NCCCC1CC1. The van der Waals surface area contributed by atoms with Gasteiger partial charge >= 0.3 is 0 Å². The summed E-state index contributed by atoms with van der Waals surface area (Å²) in [6.07, 6.45) is 8.93. The topological polar surface area (TPSA) is 32.3 Å². The molecule has 0 spiro atoms. The number of aliphatic hydroxyl groups excluding tert-OH is 1. The van der Waals surface area contributed by atoms with E-state index >= 15 is 0 Å². The van der Waals surface area contributed by atoms with Crippen LogP contribution in [0.5, 0.6) is 0 Å². The largest absolute Gasteiger partial charge is 0.392 e. The molecule has 2 fully saturated rings. The van der Waals surface area contributed by atoms with Gasteiger partial charge in [0.25, 0.3) is 0 Å². The molecule has 2 saturated carbocycles. The van der Waals surface area contributed by atoms with Gasteiger partial charge in [-0.1, -0.05) is 12.8 Å². The molecular formula is C11H21NO. The molecule has 2 N–H and O–H groups in total. The van der Waals surface area contributed by atoms with Crippen LogP contribution in [0.2, 0.25) is 0 Å². The first-order valence-corrected chi connectivity index (χ1v) is 5.78. The first-order chi connectivity index (χ1) is 6.36. The van der Waals surface area contributed by atoms with E-state index in [1.165, 1.54) is 38.5 Å². The van der Waals surface area contributed by atoms with Gasteiger partial charge in [-0.3, -0.25) is 0 Å². The van der Waals surface area contributed by atoms with Crippen LogP contribution in [-0.4, -0.2) is 23.8 Å². The quantitative estimate of drug-likeness (QED) is 0.636. The molecule has 2 aliphatic rings. The number of rotatable bonds is 5. The van der Waals surface area contributed by atoms with Gasteiger partial charge in [0.15, 0.2) is 0 Å². The Labute approximate surface area is 80.7 Å². The summed E-state index contributed by atoms with van der Waals surface area (Å²) >= 11 is 0. The third kappa shape index (κ3) is 2.96. The van der Waals surface area contributed by atoms with Crippen LogP contribution in [0.3, 0.4) is 0 Å². The molecule has 2 unspecified atom stereocenters. The van der Waals surface area contributed by atoms with Gasteiger partial charge in [-0.15, -0.1) is 0 Å². The second kappa shape index (κ2) is 4.43. The summed E-state index contributed by atoms with van der Waals surface area (Å²) in [7, 11) is 0. The molecule has 2 nitrogen and oxygen atoms in total. The molecule has 0 aliphatic heterocycles. The van der Waals surface area contributed by atoms with E-state index in [0.717, 1.165) is 18.9 Å². The summed E-state index contributed by atoms with van der Waals surface area (Å²) in [5.41, 5.74) is 0. The van der Waals surface area contributed by atoms with E-state index in [1.54, 1.807) is 0 Å². The van der Waals surface area contributed by atoms with Gasteiger partial charge in [-0.2, -0.15) is 0 Å². The predicted molar refractivity (Wildman–Crippen MR) is 53.6 cm³/mol. The highest BCUT2D eigenvalue weighted by Crippen LogP contribution is 2.33. The highest BCUT2D eigenvalue weighted by molar-refractivity contribution is 4.82. The highest BCUT2D eigenvalue weighted by Gasteiger charge is 2.24. The third-order valence-corrected chi connectivity index (χ3v) is 3.37. The number of hydrogen-bond acceptors (Lipinski definition) is 2. The summed E-state index contributed by atoms with van der Waals surface area (Å²) in [4.78, 5) is 0. The van der Waals surface area contributed by atoms with E-state index < -0.39 is 0 Å². The Morgan fingerprint density at radius 3 is 2.62 bits per heavy atom. The van der Waals surface area contributed by atoms with Crippen molar-refractivity contribution in [2.75, 3.05) is 6.54 Å². The van der Waals surface area contributed by atoms with Gasteiger partial charge in [-0.25, -0.2) is 0 Å². The molecule has 13 heavy (non-hydrogen) atoms. The Morgan fingerprint density at radius 1 is 1.15 bits per heavy atom. The molecular weight excluding hydrogens is 162 g/mol. The standard InChI is InChI=1S/C11H21NO/c13-11-5-1-4-10(11)12-8-2-3-9-6-7-9/h9-13H,1-8H2. The van der Waals surface area contributed by atoms with Crippen molar-refractivity contribution in [3.63, 3.8) is 0 Å². The first-order valence-electron chi connectivity index (χ1n) is 5.78. The van der Waals surface area contributed by atoms with Crippen molar-refractivity contribution in [3.05, 3.63) is 0 Å². The van der Waals surface area contributed by atoms with Crippen LogP contribution in [-0.2, 0) is 0 Å². The molecule has 0 saturated heterocycles. The van der Waals surface area contributed by atoms with E-state index in [2.05, 4.69) is 5.32 Å². The van der Waals surface area contributed by atoms with E-state index in [9.17, 15) is 5.11 Å². The van der Waals surface area contributed by atoms with Crippen molar-refractivity contribution in [3.8, 4) is 0 Å². The average molecular weight is 183 g/mol. The fourth-order valence-corrected chi connectivity index (χ4v) is 2.26. The number of hydrogen-bond donors (Lipinski definition) is 2. The highest BCUT2D eigenvalue weighted by atomic mass is 16.3. The van der Waals surface area contributed by atoms with Crippen LogP contribution in [0.1, 0.15) is 44.9 Å². The van der Waals surface area contributed by atoms with Gasteiger partial charge in [-0.05, 0) is 44.6 Å². The summed E-state index contributed by atoms with van der Waals surface area (Å²) in [5, 5.41) is 13.0. The zero-order valence-corrected chi connectivity index (χ0v) is 8.34. The van der Waals surface area contributed by atoms with Crippen LogP contribution < -0.4 is 5.32 Å². The molecule has 0 aromatic heterocycles. The Balaban J connectivity index is 1.51. The Bertz CT molecular complexity index is 156. The van der Waals surface area contributed by atoms with Gasteiger partial charge < -0.3 is 10.4 Å². The molecule has 0 radical (unpaired) electrons. The third-order valence-electron chi connectivity index (χ3n) is 3.37. The summed E-state index contributed by atoms with van der Waals surface area (Å²) in [6, 6.07) is 0.402. The van der Waals surface area contributed by atoms with Crippen molar-refractivity contribution in [2.24, 2.45) is 5.92 Å². The maximum Gasteiger partial charge on any atom is 0.0693 e. The molecule has 2 atom stereocenters. The van der Waals surface area contributed by atoms with Gasteiger partial charge in [0.05, 0.1) is 6.10 Å². The zero-order chi connectivity index (χ0) is 9.10. The minimum atomic E-state index is -0.0686. The van der Waals surface area contributed by atoms with E-state index in [0.29, 0.717) is 6.04 Å². The summed E-state index contributed by atoms with van der Waals surface area (Å²) in [6.45, 7) is 1.11. The summed E-state index contributed by atoms with van der Waals surface area (Å²) in [5.74, 6) is 1.05. The minimum absolute atomic E-state index is 0.0686.